The normalized spacial score (nSPS) is 24.2. The Morgan fingerprint density at radius 2 is 2.24 bits per heavy atom. The van der Waals surface area contributed by atoms with Crippen molar-refractivity contribution < 1.29 is 14.3 Å². The van der Waals surface area contributed by atoms with Gasteiger partial charge in [0.1, 0.15) is 5.69 Å². The Labute approximate surface area is 148 Å². The fourth-order valence-corrected chi connectivity index (χ4v) is 4.14. The number of methoxy groups -OCH3 is 1. The van der Waals surface area contributed by atoms with Crippen molar-refractivity contribution in [1.82, 2.24) is 19.8 Å². The van der Waals surface area contributed by atoms with Crippen LogP contribution in [0.1, 0.15) is 48.3 Å². The van der Waals surface area contributed by atoms with Crippen molar-refractivity contribution in [2.24, 2.45) is 5.41 Å². The number of imidazole rings is 1. The van der Waals surface area contributed by atoms with Crippen LogP contribution >= 0.6 is 0 Å². The van der Waals surface area contributed by atoms with Gasteiger partial charge in [-0.3, -0.25) is 9.59 Å². The number of hydrogen-bond donors (Lipinski definition) is 1. The summed E-state index contributed by atoms with van der Waals surface area (Å²) in [5, 5.41) is 0. The molecule has 2 amide bonds. The molecule has 0 aromatic carbocycles. The largest absolute Gasteiger partial charge is 0.385 e. The molecular formula is C18H28N4O3. The number of aryl methyl sites for hydroxylation is 1. The Morgan fingerprint density at radius 1 is 1.40 bits per heavy atom. The predicted molar refractivity (Wildman–Crippen MR) is 93.2 cm³/mol. The van der Waals surface area contributed by atoms with Crippen LogP contribution in [0, 0.1) is 12.3 Å². The number of aromatic nitrogens is 2. The first-order valence-electron chi connectivity index (χ1n) is 9.11. The van der Waals surface area contributed by atoms with E-state index in [4.69, 9.17) is 4.74 Å². The van der Waals surface area contributed by atoms with Gasteiger partial charge in [-0.15, -0.1) is 0 Å². The van der Waals surface area contributed by atoms with E-state index in [0.29, 0.717) is 25.3 Å². The Hall–Kier alpha value is -1.89. The van der Waals surface area contributed by atoms with Crippen LogP contribution in [-0.2, 0) is 9.53 Å². The summed E-state index contributed by atoms with van der Waals surface area (Å²) in [5.41, 5.74) is 1.35. The van der Waals surface area contributed by atoms with E-state index < -0.39 is 0 Å². The van der Waals surface area contributed by atoms with E-state index in [-0.39, 0.29) is 17.2 Å². The fourth-order valence-electron chi connectivity index (χ4n) is 4.14. The van der Waals surface area contributed by atoms with Gasteiger partial charge in [0.2, 0.25) is 5.91 Å². The van der Waals surface area contributed by atoms with Crippen LogP contribution in [0.4, 0.5) is 0 Å². The lowest BCUT2D eigenvalue weighted by atomic mass is 9.73. The van der Waals surface area contributed by atoms with Crippen LogP contribution in [0.25, 0.3) is 0 Å². The number of hydrogen-bond acceptors (Lipinski definition) is 4. The highest BCUT2D eigenvalue weighted by Crippen LogP contribution is 2.39. The van der Waals surface area contributed by atoms with Gasteiger partial charge in [-0.05, 0) is 32.6 Å². The lowest BCUT2D eigenvalue weighted by molar-refractivity contribution is -0.139. The topological polar surface area (TPSA) is 78.5 Å². The zero-order valence-electron chi connectivity index (χ0n) is 15.2. The third kappa shape index (κ3) is 3.86. The van der Waals surface area contributed by atoms with Crippen molar-refractivity contribution in [3.63, 3.8) is 0 Å². The minimum Gasteiger partial charge on any atom is -0.385 e. The Balaban J connectivity index is 1.68. The number of H-pyrrole nitrogens is 1. The summed E-state index contributed by atoms with van der Waals surface area (Å²) in [6.45, 7) is 5.51. The zero-order chi connectivity index (χ0) is 17.9. The highest BCUT2D eigenvalue weighted by atomic mass is 16.5. The SMILES string of the molecule is COCCCN1C[C@@]2(CCCN(C(=O)c3nc[nH]c3C)C2)CCC1=O. The molecule has 1 aromatic rings. The van der Waals surface area contributed by atoms with Crippen LogP contribution < -0.4 is 0 Å². The third-order valence-electron chi connectivity index (χ3n) is 5.51. The Morgan fingerprint density at radius 3 is 2.96 bits per heavy atom. The molecular weight excluding hydrogens is 320 g/mol. The number of carbonyl (C=O) groups is 2. The van der Waals surface area contributed by atoms with E-state index >= 15 is 0 Å². The summed E-state index contributed by atoms with van der Waals surface area (Å²) in [6.07, 6.45) is 5.93. The maximum atomic E-state index is 12.8. The van der Waals surface area contributed by atoms with Crippen LogP contribution in [0.2, 0.25) is 0 Å². The second-order valence-corrected chi connectivity index (χ2v) is 7.37. The molecule has 3 rings (SSSR count). The van der Waals surface area contributed by atoms with Crippen molar-refractivity contribution in [1.29, 1.82) is 0 Å². The Kier molecular flexibility index (Phi) is 5.42. The second-order valence-electron chi connectivity index (χ2n) is 7.37. The number of amides is 2. The average Bonchev–Trinajstić information content (AvgIpc) is 3.04. The monoisotopic (exact) mass is 348 g/mol. The lowest BCUT2D eigenvalue weighted by Gasteiger charge is -2.48. The van der Waals surface area contributed by atoms with E-state index in [0.717, 1.165) is 51.0 Å². The van der Waals surface area contributed by atoms with Crippen molar-refractivity contribution in [2.75, 3.05) is 39.9 Å². The standard InChI is InChI=1S/C18H28N4O3/c1-14-16(20-13-19-14)17(24)22-8-3-6-18(12-22)7-5-15(23)21(11-18)9-4-10-25-2/h13H,3-12H2,1-2H3,(H,19,20)/t18-/m1/s1. The molecule has 25 heavy (non-hydrogen) atoms. The molecule has 0 aliphatic carbocycles. The van der Waals surface area contributed by atoms with Gasteiger partial charge in [-0.2, -0.15) is 0 Å². The number of nitrogens with one attached hydrogen (secondary N) is 1. The molecule has 1 atom stereocenters. The van der Waals surface area contributed by atoms with E-state index in [1.165, 1.54) is 0 Å². The van der Waals surface area contributed by atoms with Gasteiger partial charge in [-0.1, -0.05) is 0 Å². The average molecular weight is 348 g/mol. The molecule has 1 aromatic heterocycles. The molecule has 2 aliphatic heterocycles. The third-order valence-corrected chi connectivity index (χ3v) is 5.51. The van der Waals surface area contributed by atoms with Gasteiger partial charge in [0.05, 0.1) is 6.33 Å². The molecule has 138 valence electrons. The van der Waals surface area contributed by atoms with E-state index in [1.807, 2.05) is 16.7 Å². The molecule has 2 aliphatic rings. The van der Waals surface area contributed by atoms with Gasteiger partial charge in [-0.25, -0.2) is 4.98 Å². The van der Waals surface area contributed by atoms with E-state index in [2.05, 4.69) is 9.97 Å². The number of aromatic amines is 1. The molecule has 7 heteroatoms. The maximum absolute atomic E-state index is 12.8. The van der Waals surface area contributed by atoms with Gasteiger partial charge < -0.3 is 19.5 Å². The first kappa shape index (κ1) is 17.9. The number of nitrogens with zero attached hydrogens (tertiary/aromatic N) is 3. The summed E-state index contributed by atoms with van der Waals surface area (Å²) in [5.74, 6) is 0.231. The second kappa shape index (κ2) is 7.56. The van der Waals surface area contributed by atoms with Crippen LogP contribution in [0.3, 0.4) is 0 Å². The number of ether oxygens (including phenoxy) is 1. The van der Waals surface area contributed by atoms with Crippen LogP contribution in [0.5, 0.6) is 0 Å². The Bertz CT molecular complexity index is 630. The van der Waals surface area contributed by atoms with Gasteiger partial charge in [0.25, 0.3) is 5.91 Å². The molecule has 3 heterocycles. The molecule has 1 spiro atoms. The molecule has 7 nitrogen and oxygen atoms in total. The molecule has 1 N–H and O–H groups in total. The molecule has 2 saturated heterocycles. The zero-order valence-corrected chi connectivity index (χ0v) is 15.2. The number of likely N-dealkylation sites (tertiary alicyclic amines) is 2. The van der Waals surface area contributed by atoms with Gasteiger partial charge in [0, 0.05) is 57.4 Å². The quantitative estimate of drug-likeness (QED) is 0.820. The summed E-state index contributed by atoms with van der Waals surface area (Å²) in [4.78, 5) is 36.1. The minimum absolute atomic E-state index is 0.000609. The fraction of sp³-hybridized carbons (Fsp3) is 0.722. The van der Waals surface area contributed by atoms with Crippen molar-refractivity contribution in [3.8, 4) is 0 Å². The maximum Gasteiger partial charge on any atom is 0.274 e. The molecule has 0 saturated carbocycles. The summed E-state index contributed by atoms with van der Waals surface area (Å²) in [6, 6.07) is 0. The highest BCUT2D eigenvalue weighted by Gasteiger charge is 2.43. The lowest BCUT2D eigenvalue weighted by Crippen LogP contribution is -2.55. The van der Waals surface area contributed by atoms with Crippen molar-refractivity contribution in [2.45, 2.75) is 39.0 Å². The van der Waals surface area contributed by atoms with Crippen LogP contribution in [-0.4, -0.2) is 71.5 Å². The number of carbonyl (C=O) groups excluding carboxylic acids is 2. The first-order valence-corrected chi connectivity index (χ1v) is 9.11. The molecule has 2 fully saturated rings. The smallest absolute Gasteiger partial charge is 0.274 e. The molecule has 0 unspecified atom stereocenters. The van der Waals surface area contributed by atoms with Crippen molar-refractivity contribution >= 4 is 11.8 Å². The molecule has 0 bridgehead atoms. The molecule has 0 radical (unpaired) electrons. The highest BCUT2D eigenvalue weighted by molar-refractivity contribution is 5.93. The van der Waals surface area contributed by atoms with Crippen LogP contribution in [0.15, 0.2) is 6.33 Å². The number of piperidine rings is 2. The minimum atomic E-state index is 0.000609. The van der Waals surface area contributed by atoms with Gasteiger partial charge >= 0.3 is 0 Å². The van der Waals surface area contributed by atoms with E-state index in [9.17, 15) is 9.59 Å². The predicted octanol–water partition coefficient (Wildman–Crippen LogP) is 1.60. The van der Waals surface area contributed by atoms with E-state index in [1.54, 1.807) is 13.4 Å². The summed E-state index contributed by atoms with van der Waals surface area (Å²) < 4.78 is 5.11. The summed E-state index contributed by atoms with van der Waals surface area (Å²) in [7, 11) is 1.68. The summed E-state index contributed by atoms with van der Waals surface area (Å²) >= 11 is 0. The van der Waals surface area contributed by atoms with Crippen molar-refractivity contribution in [3.05, 3.63) is 17.7 Å². The first-order chi connectivity index (χ1) is 12.0. The number of rotatable bonds is 5. The van der Waals surface area contributed by atoms with Gasteiger partial charge in [0.15, 0.2) is 0 Å².